The molecular formula is C11H14N4O5S. The van der Waals surface area contributed by atoms with Crippen molar-refractivity contribution in [1.29, 1.82) is 0 Å². The van der Waals surface area contributed by atoms with E-state index in [9.17, 15) is 20.1 Å². The van der Waals surface area contributed by atoms with Crippen molar-refractivity contribution >= 4 is 27.6 Å². The van der Waals surface area contributed by atoms with Crippen molar-refractivity contribution in [3.8, 4) is 0 Å². The van der Waals surface area contributed by atoms with Crippen LogP contribution >= 0.6 is 11.3 Å². The normalized spacial score (nSPS) is 32.9. The molecule has 0 unspecified atom stereocenters. The maximum absolute atomic E-state index is 12.1. The van der Waals surface area contributed by atoms with E-state index < -0.39 is 35.5 Å². The Labute approximate surface area is 122 Å². The van der Waals surface area contributed by atoms with Crippen LogP contribution in [0.15, 0.2) is 11.0 Å². The molecule has 10 heteroatoms. The summed E-state index contributed by atoms with van der Waals surface area (Å²) in [6.45, 7) is 0.843. The number of nitrogens with zero attached hydrogens (tertiary/aromatic N) is 3. The highest BCUT2D eigenvalue weighted by Gasteiger charge is 2.53. The van der Waals surface area contributed by atoms with Crippen molar-refractivity contribution in [2.75, 3.05) is 12.3 Å². The lowest BCUT2D eigenvalue weighted by Crippen LogP contribution is -2.46. The number of aliphatic hydroxyl groups is 3. The van der Waals surface area contributed by atoms with E-state index in [1.54, 1.807) is 0 Å². The molecule has 0 bridgehead atoms. The summed E-state index contributed by atoms with van der Waals surface area (Å²) in [6, 6.07) is 0. The van der Waals surface area contributed by atoms with Crippen LogP contribution in [0, 0.1) is 0 Å². The number of thiazole rings is 1. The molecule has 3 heterocycles. The number of rotatable bonds is 2. The number of anilines is 1. The summed E-state index contributed by atoms with van der Waals surface area (Å²) in [5.74, 6) is -0.0213. The minimum absolute atomic E-state index is 0.0213. The summed E-state index contributed by atoms with van der Waals surface area (Å²) in [5, 5.41) is 29.7. The van der Waals surface area contributed by atoms with Crippen LogP contribution in [0.3, 0.4) is 0 Å². The van der Waals surface area contributed by atoms with Crippen LogP contribution in [0.25, 0.3) is 10.3 Å². The first kappa shape index (κ1) is 14.4. The zero-order valence-electron chi connectivity index (χ0n) is 11.0. The van der Waals surface area contributed by atoms with Gasteiger partial charge in [-0.1, -0.05) is 11.3 Å². The van der Waals surface area contributed by atoms with Crippen LogP contribution in [-0.2, 0) is 4.74 Å². The maximum Gasteiger partial charge on any atom is 0.311 e. The minimum atomic E-state index is -1.69. The average Bonchev–Trinajstić information content (AvgIpc) is 2.85. The standard InChI is InChI=1S/C11H14N4O5S/c1-11(19)5(3-16)20-8(6(11)17)15-7-4(21-10(15)18)2-13-9(12)14-7/h2,5-6,8,16-17,19H,3H2,1H3,(H2,12,13,14)/t5-,6+,8-,11-/m1/s1. The van der Waals surface area contributed by atoms with Crippen molar-refractivity contribution in [1.82, 2.24) is 14.5 Å². The predicted molar refractivity (Wildman–Crippen MR) is 73.7 cm³/mol. The van der Waals surface area contributed by atoms with Gasteiger partial charge in [0, 0.05) is 0 Å². The predicted octanol–water partition coefficient (Wildman–Crippen LogP) is -1.56. The fourth-order valence-corrected chi connectivity index (χ4v) is 3.18. The van der Waals surface area contributed by atoms with Gasteiger partial charge in [0.15, 0.2) is 11.9 Å². The van der Waals surface area contributed by atoms with Crippen molar-refractivity contribution in [3.05, 3.63) is 15.9 Å². The van der Waals surface area contributed by atoms with E-state index in [4.69, 9.17) is 10.5 Å². The van der Waals surface area contributed by atoms with E-state index in [1.165, 1.54) is 13.1 Å². The second kappa shape index (κ2) is 4.71. The van der Waals surface area contributed by atoms with Gasteiger partial charge in [0.05, 0.1) is 17.5 Å². The molecule has 0 aliphatic carbocycles. The van der Waals surface area contributed by atoms with Gasteiger partial charge in [-0.2, -0.15) is 4.98 Å². The highest BCUT2D eigenvalue weighted by molar-refractivity contribution is 7.16. The van der Waals surface area contributed by atoms with Crippen molar-refractivity contribution in [2.45, 2.75) is 31.0 Å². The molecule has 0 amide bonds. The van der Waals surface area contributed by atoms with Crippen molar-refractivity contribution in [3.63, 3.8) is 0 Å². The van der Waals surface area contributed by atoms with Gasteiger partial charge in [-0.3, -0.25) is 9.36 Å². The lowest BCUT2D eigenvalue weighted by Gasteiger charge is -2.24. The van der Waals surface area contributed by atoms with Crippen LogP contribution < -0.4 is 10.6 Å². The van der Waals surface area contributed by atoms with Gasteiger partial charge >= 0.3 is 4.87 Å². The summed E-state index contributed by atoms with van der Waals surface area (Å²) in [4.78, 5) is 19.5. The molecule has 0 saturated carbocycles. The van der Waals surface area contributed by atoms with E-state index in [2.05, 4.69) is 9.97 Å². The molecule has 1 aliphatic rings. The van der Waals surface area contributed by atoms with Gasteiger partial charge in [-0.05, 0) is 6.92 Å². The van der Waals surface area contributed by atoms with Gasteiger partial charge in [-0.15, -0.1) is 0 Å². The summed E-state index contributed by atoms with van der Waals surface area (Å²) in [5.41, 5.74) is 4.05. The molecule has 5 N–H and O–H groups in total. The molecule has 9 nitrogen and oxygen atoms in total. The highest BCUT2D eigenvalue weighted by atomic mass is 32.1. The number of nitrogen functional groups attached to an aromatic ring is 1. The van der Waals surface area contributed by atoms with Crippen LogP contribution in [0.2, 0.25) is 0 Å². The average molecular weight is 314 g/mol. The number of hydrogen-bond donors (Lipinski definition) is 4. The molecule has 2 aromatic rings. The molecule has 0 radical (unpaired) electrons. The molecular weight excluding hydrogens is 300 g/mol. The third kappa shape index (κ3) is 2.03. The number of nitrogens with two attached hydrogens (primary N) is 1. The van der Waals surface area contributed by atoms with Gasteiger partial charge in [0.1, 0.15) is 17.8 Å². The molecule has 1 aliphatic heterocycles. The number of fused-ring (bicyclic) bond motifs is 1. The summed E-state index contributed by atoms with van der Waals surface area (Å²) in [7, 11) is 0. The molecule has 0 spiro atoms. The summed E-state index contributed by atoms with van der Waals surface area (Å²) in [6.07, 6.45) is -2.17. The fourth-order valence-electron chi connectivity index (χ4n) is 2.36. The van der Waals surface area contributed by atoms with Crippen molar-refractivity contribution in [2.24, 2.45) is 0 Å². The van der Waals surface area contributed by atoms with Gasteiger partial charge in [0.2, 0.25) is 5.95 Å². The molecule has 21 heavy (non-hydrogen) atoms. The van der Waals surface area contributed by atoms with Gasteiger partial charge in [-0.25, -0.2) is 4.98 Å². The summed E-state index contributed by atoms with van der Waals surface area (Å²) >= 11 is 0.877. The first-order valence-electron chi connectivity index (χ1n) is 6.16. The zero-order valence-corrected chi connectivity index (χ0v) is 11.8. The Morgan fingerprint density at radius 3 is 2.95 bits per heavy atom. The fraction of sp³-hybridized carbons (Fsp3) is 0.545. The molecule has 114 valence electrons. The lowest BCUT2D eigenvalue weighted by atomic mass is 9.95. The Bertz CT molecular complexity index is 742. The topological polar surface area (TPSA) is 144 Å². The molecule has 1 fully saturated rings. The van der Waals surface area contributed by atoms with E-state index in [0.717, 1.165) is 15.9 Å². The Morgan fingerprint density at radius 1 is 1.62 bits per heavy atom. The monoisotopic (exact) mass is 314 g/mol. The van der Waals surface area contributed by atoms with Crippen LogP contribution in [0.5, 0.6) is 0 Å². The molecule has 4 atom stereocenters. The summed E-state index contributed by atoms with van der Waals surface area (Å²) < 4.78 is 7.03. The Morgan fingerprint density at radius 2 is 2.33 bits per heavy atom. The van der Waals surface area contributed by atoms with Crippen LogP contribution in [0.1, 0.15) is 13.2 Å². The van der Waals surface area contributed by atoms with E-state index in [-0.39, 0.29) is 11.6 Å². The SMILES string of the molecule is C[C@@]1(O)[C@@H](CO)O[C@@H](n2c(=O)sc3cnc(N)nc32)[C@@H]1O. The minimum Gasteiger partial charge on any atom is -0.394 e. The number of ether oxygens (including phenoxy) is 1. The highest BCUT2D eigenvalue weighted by Crippen LogP contribution is 2.37. The van der Waals surface area contributed by atoms with E-state index in [0.29, 0.717) is 4.70 Å². The lowest BCUT2D eigenvalue weighted by molar-refractivity contribution is -0.0804. The maximum atomic E-state index is 12.1. The van der Waals surface area contributed by atoms with Crippen LogP contribution in [0.4, 0.5) is 5.95 Å². The van der Waals surface area contributed by atoms with Gasteiger partial charge < -0.3 is 25.8 Å². The van der Waals surface area contributed by atoms with Crippen LogP contribution in [-0.4, -0.2) is 54.3 Å². The Balaban J connectivity index is 2.15. The number of hydrogen-bond acceptors (Lipinski definition) is 9. The Kier molecular flexibility index (Phi) is 3.22. The first-order chi connectivity index (χ1) is 9.86. The van der Waals surface area contributed by atoms with E-state index >= 15 is 0 Å². The second-order valence-electron chi connectivity index (χ2n) is 5.02. The zero-order chi connectivity index (χ0) is 15.4. The molecule has 0 aromatic carbocycles. The largest absolute Gasteiger partial charge is 0.394 e. The third-order valence-electron chi connectivity index (χ3n) is 3.62. The van der Waals surface area contributed by atoms with E-state index in [1.807, 2.05) is 0 Å². The third-order valence-corrected chi connectivity index (χ3v) is 4.50. The van der Waals surface area contributed by atoms with Gasteiger partial charge in [0.25, 0.3) is 0 Å². The molecule has 1 saturated heterocycles. The molecule has 2 aromatic heterocycles. The Hall–Kier alpha value is -1.59. The quantitative estimate of drug-likeness (QED) is 0.521. The second-order valence-corrected chi connectivity index (χ2v) is 6.02. The van der Waals surface area contributed by atoms with Crippen molar-refractivity contribution < 1.29 is 20.1 Å². The first-order valence-corrected chi connectivity index (χ1v) is 6.98. The molecule has 3 rings (SSSR count). The smallest absolute Gasteiger partial charge is 0.311 e. The number of aromatic nitrogens is 3. The number of aliphatic hydroxyl groups excluding tert-OH is 2.